The summed E-state index contributed by atoms with van der Waals surface area (Å²) < 4.78 is 0. The fourth-order valence-electron chi connectivity index (χ4n) is 2.45. The van der Waals surface area contributed by atoms with E-state index in [0.29, 0.717) is 22.8 Å². The number of hydrogen-bond donors (Lipinski definition) is 3. The molecule has 0 bridgehead atoms. The minimum atomic E-state index is -1.02. The molecule has 2 heterocycles. The number of benzene rings is 1. The largest absolute Gasteiger partial charge is 0.508 e. The van der Waals surface area contributed by atoms with Crippen LogP contribution in [0.25, 0.3) is 0 Å². The number of carboxylic acid groups (broad SMARTS) is 1. The van der Waals surface area contributed by atoms with Gasteiger partial charge < -0.3 is 15.5 Å². The van der Waals surface area contributed by atoms with E-state index in [0.717, 1.165) is 5.01 Å². The van der Waals surface area contributed by atoms with Crippen molar-refractivity contribution in [2.75, 3.05) is 0 Å². The predicted molar refractivity (Wildman–Crippen MR) is 87.7 cm³/mol. The summed E-state index contributed by atoms with van der Waals surface area (Å²) in [5.74, 6) is -0.347. The molecule has 1 unspecified atom stereocenters. The van der Waals surface area contributed by atoms with E-state index in [1.54, 1.807) is 19.1 Å². The first kappa shape index (κ1) is 15.2. The molecule has 3 N–H and O–H groups in total. The SMILES string of the molecule is CC1=C(C(=O)O)C(c2ccc(O)cc2)N=C(c2csc(C)n2)N1. The van der Waals surface area contributed by atoms with Gasteiger partial charge in [-0.2, -0.15) is 0 Å². The molecule has 3 rings (SSSR count). The summed E-state index contributed by atoms with van der Waals surface area (Å²) in [6.45, 7) is 3.62. The molecule has 1 aliphatic rings. The molecule has 6 nitrogen and oxygen atoms in total. The van der Waals surface area contributed by atoms with Gasteiger partial charge in [0.15, 0.2) is 5.84 Å². The molecule has 23 heavy (non-hydrogen) atoms. The van der Waals surface area contributed by atoms with Gasteiger partial charge in [-0.1, -0.05) is 12.1 Å². The number of aliphatic carboxylic acids is 1. The molecule has 0 radical (unpaired) electrons. The average Bonchev–Trinajstić information content (AvgIpc) is 2.93. The molecule has 7 heteroatoms. The second-order valence-corrected chi connectivity index (χ2v) is 6.25. The molecule has 0 aliphatic carbocycles. The molecule has 1 aromatic heterocycles. The lowest BCUT2D eigenvalue weighted by Gasteiger charge is -2.24. The number of nitrogens with one attached hydrogen (secondary N) is 1. The Kier molecular flexibility index (Phi) is 3.87. The lowest BCUT2D eigenvalue weighted by Crippen LogP contribution is -2.32. The fraction of sp³-hybridized carbons (Fsp3) is 0.188. The highest BCUT2D eigenvalue weighted by molar-refractivity contribution is 7.09. The Labute approximate surface area is 136 Å². The van der Waals surface area contributed by atoms with Gasteiger partial charge in [0.05, 0.1) is 10.6 Å². The Morgan fingerprint density at radius 2 is 1.96 bits per heavy atom. The van der Waals surface area contributed by atoms with E-state index in [-0.39, 0.29) is 11.3 Å². The second-order valence-electron chi connectivity index (χ2n) is 5.19. The highest BCUT2D eigenvalue weighted by Gasteiger charge is 2.29. The maximum atomic E-state index is 11.6. The normalized spacial score (nSPS) is 17.7. The first-order valence-corrected chi connectivity index (χ1v) is 7.84. The van der Waals surface area contributed by atoms with Crippen LogP contribution in [0, 0.1) is 6.92 Å². The van der Waals surface area contributed by atoms with Crippen molar-refractivity contribution in [1.29, 1.82) is 0 Å². The highest BCUT2D eigenvalue weighted by atomic mass is 32.1. The smallest absolute Gasteiger partial charge is 0.335 e. The lowest BCUT2D eigenvalue weighted by atomic mass is 9.96. The van der Waals surface area contributed by atoms with Crippen molar-refractivity contribution in [3.63, 3.8) is 0 Å². The van der Waals surface area contributed by atoms with E-state index in [2.05, 4.69) is 15.3 Å². The van der Waals surface area contributed by atoms with Gasteiger partial charge in [-0.15, -0.1) is 11.3 Å². The number of aromatic nitrogens is 1. The van der Waals surface area contributed by atoms with E-state index >= 15 is 0 Å². The number of nitrogens with zero attached hydrogens (tertiary/aromatic N) is 2. The topological polar surface area (TPSA) is 94.8 Å². The summed E-state index contributed by atoms with van der Waals surface area (Å²) in [7, 11) is 0. The summed E-state index contributed by atoms with van der Waals surface area (Å²) in [4.78, 5) is 20.6. The predicted octanol–water partition coefficient (Wildman–Crippen LogP) is 2.61. The molecule has 0 saturated heterocycles. The Morgan fingerprint density at radius 3 is 2.52 bits per heavy atom. The average molecular weight is 329 g/mol. The van der Waals surface area contributed by atoms with Gasteiger partial charge in [0.25, 0.3) is 0 Å². The summed E-state index contributed by atoms with van der Waals surface area (Å²) in [5.41, 5.74) is 2.11. The van der Waals surface area contributed by atoms with E-state index in [1.165, 1.54) is 23.5 Å². The summed E-state index contributed by atoms with van der Waals surface area (Å²) in [6, 6.07) is 5.75. The Balaban J connectivity index is 2.08. The third-order valence-electron chi connectivity index (χ3n) is 3.54. The van der Waals surface area contributed by atoms with Crippen molar-refractivity contribution < 1.29 is 15.0 Å². The number of phenolic OH excluding ortho intramolecular Hbond substituents is 1. The van der Waals surface area contributed by atoms with Gasteiger partial charge >= 0.3 is 5.97 Å². The van der Waals surface area contributed by atoms with Crippen molar-refractivity contribution in [1.82, 2.24) is 10.3 Å². The molecule has 1 aromatic carbocycles. The van der Waals surface area contributed by atoms with Crippen molar-refractivity contribution in [3.05, 3.63) is 57.2 Å². The van der Waals surface area contributed by atoms with Crippen LogP contribution in [0.1, 0.15) is 29.2 Å². The zero-order valence-electron chi connectivity index (χ0n) is 12.6. The zero-order chi connectivity index (χ0) is 16.6. The standard InChI is InChI=1S/C16H15N3O3S/c1-8-13(16(21)22)14(10-3-5-11(20)6-4-10)19-15(17-8)12-7-23-9(2)18-12/h3-7,14,20H,1-2H3,(H,17,19)(H,21,22). The molecule has 118 valence electrons. The fourth-order valence-corrected chi connectivity index (χ4v) is 3.05. The lowest BCUT2D eigenvalue weighted by molar-refractivity contribution is -0.133. The molecule has 1 atom stereocenters. The van der Waals surface area contributed by atoms with Gasteiger partial charge in [-0.25, -0.2) is 9.78 Å². The molecule has 2 aromatic rings. The second kappa shape index (κ2) is 5.85. The number of carbonyl (C=O) groups is 1. The third kappa shape index (κ3) is 2.95. The van der Waals surface area contributed by atoms with Crippen molar-refractivity contribution >= 4 is 23.1 Å². The Hall–Kier alpha value is -2.67. The number of rotatable bonds is 3. The van der Waals surface area contributed by atoms with Gasteiger partial charge in [0.2, 0.25) is 0 Å². The van der Waals surface area contributed by atoms with Crippen LogP contribution in [0.15, 0.2) is 45.9 Å². The molecule has 0 saturated carbocycles. The van der Waals surface area contributed by atoms with Crippen LogP contribution in [0.2, 0.25) is 0 Å². The number of hydrogen-bond acceptors (Lipinski definition) is 6. The third-order valence-corrected chi connectivity index (χ3v) is 4.32. The summed E-state index contributed by atoms with van der Waals surface area (Å²) >= 11 is 1.51. The van der Waals surface area contributed by atoms with Crippen LogP contribution < -0.4 is 5.32 Å². The van der Waals surface area contributed by atoms with E-state index in [9.17, 15) is 15.0 Å². The summed E-state index contributed by atoms with van der Waals surface area (Å²) in [6.07, 6.45) is 0. The minimum absolute atomic E-state index is 0.125. The van der Waals surface area contributed by atoms with Crippen LogP contribution in [0.5, 0.6) is 5.75 Å². The van der Waals surface area contributed by atoms with Crippen LogP contribution in [0.4, 0.5) is 0 Å². The number of thiazole rings is 1. The number of carboxylic acids is 1. The maximum Gasteiger partial charge on any atom is 0.335 e. The number of aliphatic imine (C=N–C) groups is 1. The molecule has 0 fully saturated rings. The Bertz CT molecular complexity index is 821. The molecular formula is C16H15N3O3S. The molecule has 0 amide bonds. The number of phenols is 1. The van der Waals surface area contributed by atoms with Crippen molar-refractivity contribution in [3.8, 4) is 5.75 Å². The molecular weight excluding hydrogens is 314 g/mol. The van der Waals surface area contributed by atoms with Crippen LogP contribution in [0.3, 0.4) is 0 Å². The van der Waals surface area contributed by atoms with Gasteiger partial charge in [-0.05, 0) is 31.5 Å². The minimum Gasteiger partial charge on any atom is -0.508 e. The van der Waals surface area contributed by atoms with E-state index < -0.39 is 12.0 Å². The van der Waals surface area contributed by atoms with Gasteiger partial charge in [0.1, 0.15) is 17.5 Å². The number of amidine groups is 1. The van der Waals surface area contributed by atoms with Crippen molar-refractivity contribution in [2.24, 2.45) is 4.99 Å². The highest BCUT2D eigenvalue weighted by Crippen LogP contribution is 2.32. The Morgan fingerprint density at radius 1 is 1.26 bits per heavy atom. The molecule has 1 aliphatic heterocycles. The van der Waals surface area contributed by atoms with E-state index in [1.807, 2.05) is 12.3 Å². The quantitative estimate of drug-likeness (QED) is 0.804. The van der Waals surface area contributed by atoms with Gasteiger partial charge in [0, 0.05) is 11.1 Å². The monoisotopic (exact) mass is 329 g/mol. The number of aromatic hydroxyl groups is 1. The zero-order valence-corrected chi connectivity index (χ0v) is 13.4. The molecule has 0 spiro atoms. The van der Waals surface area contributed by atoms with Crippen molar-refractivity contribution in [2.45, 2.75) is 19.9 Å². The summed E-state index contributed by atoms with van der Waals surface area (Å²) in [5, 5.41) is 24.8. The first-order valence-electron chi connectivity index (χ1n) is 6.96. The van der Waals surface area contributed by atoms with Crippen LogP contribution in [-0.2, 0) is 4.79 Å². The van der Waals surface area contributed by atoms with E-state index in [4.69, 9.17) is 0 Å². The number of aryl methyl sites for hydroxylation is 1. The van der Waals surface area contributed by atoms with Crippen LogP contribution in [-0.4, -0.2) is 27.0 Å². The van der Waals surface area contributed by atoms with Crippen LogP contribution >= 0.6 is 11.3 Å². The first-order chi connectivity index (χ1) is 11.0. The maximum absolute atomic E-state index is 11.6. The number of allylic oxidation sites excluding steroid dienone is 1. The van der Waals surface area contributed by atoms with Gasteiger partial charge in [-0.3, -0.25) is 4.99 Å².